The molecule has 0 spiro atoms. The zero-order valence-corrected chi connectivity index (χ0v) is 4.64. The van der Waals surface area contributed by atoms with Gasteiger partial charge in [0.25, 0.3) is 0 Å². The fourth-order valence-electron chi connectivity index (χ4n) is 0.300. The summed E-state index contributed by atoms with van der Waals surface area (Å²) in [6.07, 6.45) is 6.70. The molecule has 0 saturated carbocycles. The van der Waals surface area contributed by atoms with Crippen LogP contribution < -0.4 is 0 Å². The molecule has 1 radical (unpaired) electrons. The Hall–Kier alpha value is -0.480. The van der Waals surface area contributed by atoms with Crippen molar-refractivity contribution < 1.29 is 4.74 Å². The fraction of sp³-hybridized carbons (Fsp3) is 0.500. The molecule has 1 nitrogen and oxygen atoms in total. The Morgan fingerprint density at radius 1 is 1.86 bits per heavy atom. The Morgan fingerprint density at radius 2 is 2.43 bits per heavy atom. The van der Waals surface area contributed by atoms with Crippen molar-refractivity contribution in [2.75, 3.05) is 7.11 Å². The third-order valence-electron chi connectivity index (χ3n) is 0.721. The van der Waals surface area contributed by atoms with E-state index in [1.165, 1.54) is 0 Å². The summed E-state index contributed by atoms with van der Waals surface area (Å²) in [6, 6.07) is 0. The molecular formula is C6H9O. The molecule has 0 aromatic rings. The Labute approximate surface area is 44.7 Å². The highest BCUT2D eigenvalue weighted by Crippen LogP contribution is 1.88. The van der Waals surface area contributed by atoms with Gasteiger partial charge in [-0.25, -0.2) is 0 Å². The van der Waals surface area contributed by atoms with Gasteiger partial charge in [-0.15, -0.1) is 6.42 Å². The van der Waals surface area contributed by atoms with E-state index in [-0.39, 0.29) is 6.10 Å². The normalized spacial score (nSPS) is 12.7. The minimum absolute atomic E-state index is 0.111. The van der Waals surface area contributed by atoms with Crippen LogP contribution in [0.3, 0.4) is 0 Å². The summed E-state index contributed by atoms with van der Waals surface area (Å²) in [4.78, 5) is 0. The minimum Gasteiger partial charge on any atom is -0.368 e. The predicted molar refractivity (Wildman–Crippen MR) is 29.6 cm³/mol. The lowest BCUT2D eigenvalue weighted by molar-refractivity contribution is 0.173. The van der Waals surface area contributed by atoms with Crippen molar-refractivity contribution >= 4 is 0 Å². The Kier molecular flexibility index (Phi) is 3.45. The van der Waals surface area contributed by atoms with Crippen molar-refractivity contribution in [3.63, 3.8) is 0 Å². The molecule has 1 atom stereocenters. The Bertz CT molecular complexity index is 66.7. The summed E-state index contributed by atoms with van der Waals surface area (Å²) < 4.78 is 4.76. The quantitative estimate of drug-likeness (QED) is 0.464. The van der Waals surface area contributed by atoms with Crippen LogP contribution in [0.4, 0.5) is 0 Å². The van der Waals surface area contributed by atoms with Gasteiger partial charge in [0.2, 0.25) is 0 Å². The van der Waals surface area contributed by atoms with Gasteiger partial charge in [0.05, 0.1) is 0 Å². The molecular weight excluding hydrogens is 88.1 g/mol. The van der Waals surface area contributed by atoms with Crippen molar-refractivity contribution in [3.05, 3.63) is 6.42 Å². The number of methoxy groups -OCH3 is 1. The Balaban J connectivity index is 3.23. The molecule has 0 fully saturated rings. The van der Waals surface area contributed by atoms with Crippen molar-refractivity contribution in [2.24, 2.45) is 0 Å². The number of hydrogen-bond acceptors (Lipinski definition) is 1. The molecule has 0 saturated heterocycles. The van der Waals surface area contributed by atoms with Crippen LogP contribution in [0.25, 0.3) is 0 Å². The van der Waals surface area contributed by atoms with Crippen LogP contribution in [-0.4, -0.2) is 13.2 Å². The van der Waals surface area contributed by atoms with Crippen molar-refractivity contribution in [1.29, 1.82) is 0 Å². The summed E-state index contributed by atoms with van der Waals surface area (Å²) >= 11 is 0. The summed E-state index contributed by atoms with van der Waals surface area (Å²) in [5.74, 6) is 2.42. The lowest BCUT2D eigenvalue weighted by atomic mass is 10.3. The van der Waals surface area contributed by atoms with E-state index in [2.05, 4.69) is 5.92 Å². The average molecular weight is 97.1 g/mol. The second-order valence-corrected chi connectivity index (χ2v) is 1.16. The predicted octanol–water partition coefficient (Wildman–Crippen LogP) is 0.859. The molecule has 0 heterocycles. The van der Waals surface area contributed by atoms with Crippen LogP contribution in [0.15, 0.2) is 0 Å². The SMILES string of the molecule is C#CC([CH]C)OC. The van der Waals surface area contributed by atoms with Crippen LogP contribution in [-0.2, 0) is 4.74 Å². The highest BCUT2D eigenvalue weighted by Gasteiger charge is 1.93. The second kappa shape index (κ2) is 3.70. The maximum absolute atomic E-state index is 4.99. The van der Waals surface area contributed by atoms with E-state index in [0.717, 1.165) is 0 Å². The van der Waals surface area contributed by atoms with E-state index in [9.17, 15) is 0 Å². The van der Waals surface area contributed by atoms with Crippen molar-refractivity contribution in [2.45, 2.75) is 13.0 Å². The molecule has 0 aliphatic carbocycles. The smallest absolute Gasteiger partial charge is 0.120 e. The van der Waals surface area contributed by atoms with Crippen molar-refractivity contribution in [3.8, 4) is 12.3 Å². The van der Waals surface area contributed by atoms with E-state index < -0.39 is 0 Å². The first-order chi connectivity index (χ1) is 3.35. The first-order valence-electron chi connectivity index (χ1n) is 2.13. The van der Waals surface area contributed by atoms with Gasteiger partial charge in [0.15, 0.2) is 0 Å². The average Bonchev–Trinajstić information content (AvgIpc) is 1.72. The first kappa shape index (κ1) is 6.52. The van der Waals surface area contributed by atoms with E-state index >= 15 is 0 Å². The number of terminal acetylenes is 1. The van der Waals surface area contributed by atoms with E-state index in [1.807, 2.05) is 13.3 Å². The van der Waals surface area contributed by atoms with Gasteiger partial charge in [0.1, 0.15) is 6.10 Å². The topological polar surface area (TPSA) is 9.23 Å². The number of hydrogen-bond donors (Lipinski definition) is 0. The lowest BCUT2D eigenvalue weighted by Gasteiger charge is -2.00. The maximum atomic E-state index is 4.99. The molecule has 1 unspecified atom stereocenters. The molecule has 0 amide bonds. The molecule has 0 aromatic heterocycles. The summed E-state index contributed by atoms with van der Waals surface area (Å²) in [6.45, 7) is 1.87. The van der Waals surface area contributed by atoms with Crippen LogP contribution in [0.5, 0.6) is 0 Å². The molecule has 0 bridgehead atoms. The zero-order valence-electron chi connectivity index (χ0n) is 4.64. The number of rotatable bonds is 2. The van der Waals surface area contributed by atoms with Gasteiger partial charge in [-0.1, -0.05) is 12.8 Å². The molecule has 0 aromatic carbocycles. The molecule has 0 aliphatic heterocycles. The van der Waals surface area contributed by atoms with E-state index in [0.29, 0.717) is 0 Å². The highest BCUT2D eigenvalue weighted by atomic mass is 16.5. The fourth-order valence-corrected chi connectivity index (χ4v) is 0.300. The van der Waals surface area contributed by atoms with Crippen LogP contribution >= 0.6 is 0 Å². The highest BCUT2D eigenvalue weighted by molar-refractivity contribution is 5.00. The third-order valence-corrected chi connectivity index (χ3v) is 0.721. The third kappa shape index (κ3) is 2.24. The largest absolute Gasteiger partial charge is 0.368 e. The molecule has 1 heteroatoms. The van der Waals surface area contributed by atoms with Gasteiger partial charge >= 0.3 is 0 Å². The lowest BCUT2D eigenvalue weighted by Crippen LogP contribution is -2.04. The van der Waals surface area contributed by atoms with Gasteiger partial charge < -0.3 is 4.74 Å². The standard InChI is InChI=1S/C6H9O/c1-4-6(5-2)7-3/h1,5-6H,2-3H3. The van der Waals surface area contributed by atoms with E-state index in [4.69, 9.17) is 11.2 Å². The van der Waals surface area contributed by atoms with Gasteiger partial charge in [-0.3, -0.25) is 0 Å². The van der Waals surface area contributed by atoms with Crippen LogP contribution in [0, 0.1) is 18.8 Å². The molecule has 39 valence electrons. The minimum atomic E-state index is -0.111. The van der Waals surface area contributed by atoms with Gasteiger partial charge in [0, 0.05) is 7.11 Å². The first-order valence-corrected chi connectivity index (χ1v) is 2.13. The summed E-state index contributed by atoms with van der Waals surface area (Å²) in [7, 11) is 1.59. The van der Waals surface area contributed by atoms with Crippen LogP contribution in [0.2, 0.25) is 0 Å². The second-order valence-electron chi connectivity index (χ2n) is 1.16. The monoisotopic (exact) mass is 97.1 g/mol. The number of ether oxygens (including phenoxy) is 1. The summed E-state index contributed by atoms with van der Waals surface area (Å²) in [5.41, 5.74) is 0. The van der Waals surface area contributed by atoms with Gasteiger partial charge in [-0.2, -0.15) is 0 Å². The maximum Gasteiger partial charge on any atom is 0.120 e. The molecule has 0 rings (SSSR count). The molecule has 0 N–H and O–H groups in total. The van der Waals surface area contributed by atoms with Gasteiger partial charge in [-0.05, 0) is 6.42 Å². The van der Waals surface area contributed by atoms with E-state index in [1.54, 1.807) is 7.11 Å². The summed E-state index contributed by atoms with van der Waals surface area (Å²) in [5, 5.41) is 0. The van der Waals surface area contributed by atoms with Crippen molar-refractivity contribution in [1.82, 2.24) is 0 Å². The molecule has 0 aliphatic rings. The zero-order chi connectivity index (χ0) is 5.70. The van der Waals surface area contributed by atoms with Crippen LogP contribution in [0.1, 0.15) is 6.92 Å². The Morgan fingerprint density at radius 3 is 2.43 bits per heavy atom. The molecule has 7 heavy (non-hydrogen) atoms.